The maximum Gasteiger partial charge on any atom is 0.242 e. The van der Waals surface area contributed by atoms with Crippen LogP contribution in [0.4, 0.5) is 5.95 Å². The number of anilines is 1. The number of aryl methyl sites for hydroxylation is 1. The van der Waals surface area contributed by atoms with Gasteiger partial charge in [0, 0.05) is 6.04 Å². The molecule has 1 heterocycles. The number of nitrogens with zero attached hydrogens (tertiary/aromatic N) is 3. The van der Waals surface area contributed by atoms with Gasteiger partial charge in [-0.1, -0.05) is 50.1 Å². The van der Waals surface area contributed by atoms with E-state index in [4.69, 9.17) is 0 Å². The van der Waals surface area contributed by atoms with Crippen molar-refractivity contribution in [1.82, 2.24) is 14.8 Å². The maximum absolute atomic E-state index is 4.50. The van der Waals surface area contributed by atoms with E-state index in [1.165, 1.54) is 17.5 Å². The van der Waals surface area contributed by atoms with Crippen LogP contribution in [0.15, 0.2) is 30.6 Å². The second kappa shape index (κ2) is 7.08. The van der Waals surface area contributed by atoms with Crippen LogP contribution in [-0.4, -0.2) is 20.8 Å². The molecule has 20 heavy (non-hydrogen) atoms. The molecule has 108 valence electrons. The number of aromatic nitrogens is 3. The molecule has 4 heteroatoms. The predicted octanol–water partition coefficient (Wildman–Crippen LogP) is 3.63. The van der Waals surface area contributed by atoms with Crippen molar-refractivity contribution in [3.8, 4) is 0 Å². The van der Waals surface area contributed by atoms with Crippen molar-refractivity contribution in [2.45, 2.75) is 52.6 Å². The Balaban J connectivity index is 1.98. The van der Waals surface area contributed by atoms with Crippen LogP contribution in [0.5, 0.6) is 0 Å². The minimum atomic E-state index is 0.467. The maximum atomic E-state index is 4.50. The third-order valence-electron chi connectivity index (χ3n) is 3.43. The van der Waals surface area contributed by atoms with Crippen molar-refractivity contribution in [1.29, 1.82) is 0 Å². The summed E-state index contributed by atoms with van der Waals surface area (Å²) in [5, 5.41) is 7.90. The minimum Gasteiger partial charge on any atom is -0.350 e. The molecule has 1 N–H and O–H groups in total. The third kappa shape index (κ3) is 4.08. The zero-order valence-corrected chi connectivity index (χ0v) is 12.6. The van der Waals surface area contributed by atoms with Gasteiger partial charge in [0.05, 0.1) is 6.54 Å². The Kier molecular flexibility index (Phi) is 5.16. The molecule has 0 saturated heterocycles. The van der Waals surface area contributed by atoms with E-state index in [2.05, 4.69) is 60.4 Å². The molecule has 1 aromatic carbocycles. The van der Waals surface area contributed by atoms with E-state index >= 15 is 0 Å². The third-order valence-corrected chi connectivity index (χ3v) is 3.43. The predicted molar refractivity (Wildman–Crippen MR) is 82.9 cm³/mol. The summed E-state index contributed by atoms with van der Waals surface area (Å²) in [5.74, 6) is 0.734. The fraction of sp³-hybridized carbons (Fsp3) is 0.500. The molecule has 1 unspecified atom stereocenters. The zero-order valence-electron chi connectivity index (χ0n) is 12.6. The number of hydrogen-bond donors (Lipinski definition) is 1. The number of benzene rings is 1. The average molecular weight is 272 g/mol. The van der Waals surface area contributed by atoms with Crippen LogP contribution in [0.1, 0.15) is 44.2 Å². The fourth-order valence-corrected chi connectivity index (χ4v) is 2.34. The number of nitrogens with one attached hydrogen (secondary N) is 1. The highest BCUT2D eigenvalue weighted by atomic mass is 15.4. The Morgan fingerprint density at radius 2 is 2.15 bits per heavy atom. The molecule has 0 aliphatic rings. The molecule has 2 rings (SSSR count). The monoisotopic (exact) mass is 272 g/mol. The van der Waals surface area contributed by atoms with Gasteiger partial charge in [-0.15, -0.1) is 5.10 Å². The first kappa shape index (κ1) is 14.6. The van der Waals surface area contributed by atoms with E-state index in [1.54, 1.807) is 6.33 Å². The summed E-state index contributed by atoms with van der Waals surface area (Å²) in [6, 6.07) is 8.95. The topological polar surface area (TPSA) is 42.7 Å². The Hall–Kier alpha value is -1.84. The van der Waals surface area contributed by atoms with Crippen molar-refractivity contribution < 1.29 is 0 Å². The number of rotatable bonds is 7. The molecule has 0 radical (unpaired) electrons. The van der Waals surface area contributed by atoms with E-state index in [-0.39, 0.29) is 0 Å². The zero-order chi connectivity index (χ0) is 14.4. The molecule has 0 fully saturated rings. The SMILES string of the molecule is CCCC(CC)Nc1ncn(Cc2cccc(C)c2)n1. The van der Waals surface area contributed by atoms with Gasteiger partial charge in [-0.05, 0) is 25.3 Å². The van der Waals surface area contributed by atoms with Crippen molar-refractivity contribution in [2.24, 2.45) is 0 Å². The van der Waals surface area contributed by atoms with E-state index in [0.717, 1.165) is 25.3 Å². The summed E-state index contributed by atoms with van der Waals surface area (Å²) in [7, 11) is 0. The molecule has 1 atom stereocenters. The molecule has 1 aromatic heterocycles. The highest BCUT2D eigenvalue weighted by Crippen LogP contribution is 2.10. The first-order valence-electron chi connectivity index (χ1n) is 7.42. The minimum absolute atomic E-state index is 0.467. The van der Waals surface area contributed by atoms with Crippen LogP contribution in [0.25, 0.3) is 0 Å². The summed E-state index contributed by atoms with van der Waals surface area (Å²) < 4.78 is 1.88. The van der Waals surface area contributed by atoms with Crippen molar-refractivity contribution >= 4 is 5.95 Å². The van der Waals surface area contributed by atoms with E-state index in [0.29, 0.717) is 6.04 Å². The second-order valence-electron chi connectivity index (χ2n) is 5.29. The molecule has 0 aliphatic carbocycles. The van der Waals surface area contributed by atoms with Crippen LogP contribution in [0.3, 0.4) is 0 Å². The normalized spacial score (nSPS) is 12.3. The Labute approximate surface area is 121 Å². The Bertz CT molecular complexity index is 533. The lowest BCUT2D eigenvalue weighted by Gasteiger charge is -2.14. The first-order valence-corrected chi connectivity index (χ1v) is 7.42. The Morgan fingerprint density at radius 3 is 2.85 bits per heavy atom. The molecule has 0 amide bonds. The van der Waals surface area contributed by atoms with Crippen molar-refractivity contribution in [3.05, 3.63) is 41.7 Å². The highest BCUT2D eigenvalue weighted by molar-refractivity contribution is 5.25. The highest BCUT2D eigenvalue weighted by Gasteiger charge is 2.08. The van der Waals surface area contributed by atoms with Crippen LogP contribution in [0, 0.1) is 6.92 Å². The lowest BCUT2D eigenvalue weighted by Crippen LogP contribution is -2.19. The lowest BCUT2D eigenvalue weighted by molar-refractivity contribution is 0.613. The van der Waals surface area contributed by atoms with Gasteiger partial charge in [0.25, 0.3) is 0 Å². The van der Waals surface area contributed by atoms with Crippen LogP contribution in [-0.2, 0) is 6.54 Å². The Morgan fingerprint density at radius 1 is 1.30 bits per heavy atom. The molecule has 0 bridgehead atoms. The molecule has 0 saturated carbocycles. The largest absolute Gasteiger partial charge is 0.350 e. The van der Waals surface area contributed by atoms with Gasteiger partial charge in [0.15, 0.2) is 0 Å². The van der Waals surface area contributed by atoms with E-state index in [9.17, 15) is 0 Å². The quantitative estimate of drug-likeness (QED) is 0.837. The van der Waals surface area contributed by atoms with Crippen molar-refractivity contribution in [3.63, 3.8) is 0 Å². The first-order chi connectivity index (χ1) is 9.71. The van der Waals surface area contributed by atoms with Gasteiger partial charge in [0.1, 0.15) is 6.33 Å². The van der Waals surface area contributed by atoms with Crippen molar-refractivity contribution in [2.75, 3.05) is 5.32 Å². The lowest BCUT2D eigenvalue weighted by atomic mass is 10.1. The summed E-state index contributed by atoms with van der Waals surface area (Å²) in [4.78, 5) is 4.35. The van der Waals surface area contributed by atoms with Crippen LogP contribution in [0.2, 0.25) is 0 Å². The van der Waals surface area contributed by atoms with Crippen LogP contribution >= 0.6 is 0 Å². The molecule has 0 spiro atoms. The molecular weight excluding hydrogens is 248 g/mol. The molecule has 0 aliphatic heterocycles. The standard InChI is InChI=1S/C16H24N4/c1-4-7-15(5-2)18-16-17-12-20(19-16)11-14-9-6-8-13(3)10-14/h6,8-10,12,15H,4-5,7,11H2,1-3H3,(H,18,19). The fourth-order valence-electron chi connectivity index (χ4n) is 2.34. The number of hydrogen-bond acceptors (Lipinski definition) is 3. The van der Waals surface area contributed by atoms with E-state index < -0.39 is 0 Å². The summed E-state index contributed by atoms with van der Waals surface area (Å²) in [5.41, 5.74) is 2.53. The van der Waals surface area contributed by atoms with Gasteiger partial charge in [-0.25, -0.2) is 9.67 Å². The summed E-state index contributed by atoms with van der Waals surface area (Å²) >= 11 is 0. The van der Waals surface area contributed by atoms with Gasteiger partial charge >= 0.3 is 0 Å². The summed E-state index contributed by atoms with van der Waals surface area (Å²) in [6.45, 7) is 7.26. The molecule has 2 aromatic rings. The average Bonchev–Trinajstić information content (AvgIpc) is 2.85. The van der Waals surface area contributed by atoms with E-state index in [1.807, 2.05) is 4.68 Å². The van der Waals surface area contributed by atoms with Gasteiger partial charge < -0.3 is 5.32 Å². The van der Waals surface area contributed by atoms with Gasteiger partial charge in [-0.3, -0.25) is 0 Å². The van der Waals surface area contributed by atoms with Crippen LogP contribution < -0.4 is 5.32 Å². The molecular formula is C16H24N4. The van der Waals surface area contributed by atoms with Gasteiger partial charge in [0.2, 0.25) is 5.95 Å². The molecule has 4 nitrogen and oxygen atoms in total. The summed E-state index contributed by atoms with van der Waals surface area (Å²) in [6.07, 6.45) is 5.22. The second-order valence-corrected chi connectivity index (χ2v) is 5.29. The van der Waals surface area contributed by atoms with Gasteiger partial charge in [-0.2, -0.15) is 0 Å². The smallest absolute Gasteiger partial charge is 0.242 e.